The first-order valence-electron chi connectivity index (χ1n) is 30.3. The van der Waals surface area contributed by atoms with Gasteiger partial charge in [0.1, 0.15) is 171 Å². The normalized spacial score (nSPS) is 52.5. The van der Waals surface area contributed by atoms with Gasteiger partial charge >= 0.3 is 0 Å². The van der Waals surface area contributed by atoms with Crippen LogP contribution in [0.4, 0.5) is 0 Å². The maximum atomic E-state index is 11.3. The third kappa shape index (κ3) is 16.8. The topological polar surface area (TPSA) is 554 Å². The molecule has 91 heavy (non-hydrogen) atoms. The Hall–Kier alpha value is -0.710. The summed E-state index contributed by atoms with van der Waals surface area (Å²) >= 11 is 0. The number of ether oxygens (including phenoxy) is 14. The van der Waals surface area contributed by atoms with Gasteiger partial charge in [-0.15, -0.1) is 0 Å². The quantitative estimate of drug-likeness (QED) is 0.0793. The molecular formula is C54H96INO35. The summed E-state index contributed by atoms with van der Waals surface area (Å²) in [4.78, 5) is 0. The predicted octanol–water partition coefficient (Wildman–Crippen LogP) is -15.3. The minimum Gasteiger partial charge on any atom is -1.00 e. The molecule has 2 unspecified atom stereocenters. The zero-order valence-corrected chi connectivity index (χ0v) is 52.9. The molecule has 36 nitrogen and oxygen atoms in total. The van der Waals surface area contributed by atoms with E-state index < -0.39 is 261 Å². The fourth-order valence-corrected chi connectivity index (χ4v) is 13.4. The Kier molecular flexibility index (Phi) is 28.1. The third-order valence-electron chi connectivity index (χ3n) is 18.4. The molecule has 22 saturated heterocycles. The smallest absolute Gasteiger partial charge is 0.187 e. The Morgan fingerprint density at radius 3 is 0.648 bits per heavy atom. The van der Waals surface area contributed by atoms with E-state index in [9.17, 15) is 107 Å². The van der Waals surface area contributed by atoms with Crippen LogP contribution in [0, 0.1) is 11.3 Å². The molecule has 21 N–H and O–H groups in total. The maximum Gasteiger partial charge on any atom is 0.187 e. The average Bonchev–Trinajstić information content (AvgIpc) is 1.16. The molecular weight excluding hydrogens is 1350 g/mol. The molecule has 22 aliphatic heterocycles. The molecule has 22 aliphatic rings. The van der Waals surface area contributed by atoms with Gasteiger partial charge in [-0.25, -0.2) is 0 Å². The highest BCUT2D eigenvalue weighted by molar-refractivity contribution is 5.02. The number of nitrogens with zero attached hydrogens (tertiary/aromatic N) is 1. The van der Waals surface area contributed by atoms with Crippen molar-refractivity contribution in [3.05, 3.63) is 0 Å². The summed E-state index contributed by atoms with van der Waals surface area (Å²) in [6.07, 6.45) is -67.4. The molecule has 37 atom stereocenters. The first-order chi connectivity index (χ1) is 42.5. The summed E-state index contributed by atoms with van der Waals surface area (Å²) in [7, 11) is 2.42. The number of hydrogen-bond donors (Lipinski definition) is 21. The summed E-state index contributed by atoms with van der Waals surface area (Å²) in [5.74, 6) is 0.918. The zero-order chi connectivity index (χ0) is 66.2. The van der Waals surface area contributed by atoms with Crippen LogP contribution in [0.3, 0.4) is 0 Å². The maximum absolute atomic E-state index is 11.3. The van der Waals surface area contributed by atoms with Crippen LogP contribution in [0.2, 0.25) is 0 Å². The Balaban J connectivity index is 0.000000748. The van der Waals surface area contributed by atoms with Crippen molar-refractivity contribution in [1.82, 2.24) is 0 Å². The lowest BCUT2D eigenvalue weighted by Gasteiger charge is -2.50. The molecule has 14 bridgehead atoms. The van der Waals surface area contributed by atoms with Crippen molar-refractivity contribution in [2.24, 2.45) is 11.3 Å². The molecule has 22 rings (SSSR count). The minimum atomic E-state index is -2.21. The van der Waals surface area contributed by atoms with Crippen LogP contribution in [-0.2, 0) is 66.3 Å². The molecule has 0 amide bonds. The van der Waals surface area contributed by atoms with Crippen molar-refractivity contribution in [3.8, 4) is 0 Å². The van der Waals surface area contributed by atoms with Gasteiger partial charge in [-0.3, -0.25) is 0 Å². The van der Waals surface area contributed by atoms with Gasteiger partial charge in [-0.2, -0.15) is 0 Å². The van der Waals surface area contributed by atoms with Crippen LogP contribution in [0.25, 0.3) is 0 Å². The van der Waals surface area contributed by atoms with Gasteiger partial charge in [-0.05, 0) is 25.7 Å². The molecule has 0 aromatic heterocycles. The highest BCUT2D eigenvalue weighted by atomic mass is 127. The average molecular weight is 1450 g/mol. The number of aliphatic hydroxyl groups excluding tert-OH is 21. The molecule has 0 radical (unpaired) electrons. The Morgan fingerprint density at radius 2 is 0.495 bits per heavy atom. The van der Waals surface area contributed by atoms with E-state index in [1.807, 2.05) is 0 Å². The molecule has 534 valence electrons. The van der Waals surface area contributed by atoms with Crippen LogP contribution in [-0.4, -0.2) is 400 Å². The Morgan fingerprint density at radius 1 is 0.319 bits per heavy atom. The number of halogens is 1. The molecule has 22 fully saturated rings. The number of hydrogen-bond acceptors (Lipinski definition) is 35. The van der Waals surface area contributed by atoms with Crippen LogP contribution in [0.15, 0.2) is 0 Å². The van der Waals surface area contributed by atoms with Crippen molar-refractivity contribution in [2.75, 3.05) is 72.9 Å². The summed E-state index contributed by atoms with van der Waals surface area (Å²) in [6, 6.07) is 0. The molecule has 0 saturated carbocycles. The second-order valence-electron chi connectivity index (χ2n) is 25.7. The van der Waals surface area contributed by atoms with Crippen molar-refractivity contribution in [1.29, 1.82) is 0 Å². The van der Waals surface area contributed by atoms with E-state index in [4.69, 9.17) is 66.3 Å². The van der Waals surface area contributed by atoms with Crippen molar-refractivity contribution < 1.29 is 202 Å². The van der Waals surface area contributed by atoms with Gasteiger partial charge in [-0.1, -0.05) is 20.8 Å². The van der Waals surface area contributed by atoms with E-state index >= 15 is 0 Å². The van der Waals surface area contributed by atoms with Crippen molar-refractivity contribution in [3.63, 3.8) is 0 Å². The van der Waals surface area contributed by atoms with Gasteiger partial charge in [0.2, 0.25) is 0 Å². The van der Waals surface area contributed by atoms with Gasteiger partial charge < -0.3 is 202 Å². The fourth-order valence-electron chi connectivity index (χ4n) is 13.4. The minimum absolute atomic E-state index is 0. The monoisotopic (exact) mass is 1450 g/mol. The lowest BCUT2D eigenvalue weighted by Crippen LogP contribution is -3.00. The summed E-state index contributed by atoms with van der Waals surface area (Å²) in [5, 5.41) is 230. The van der Waals surface area contributed by atoms with Crippen LogP contribution in [0.5, 0.6) is 0 Å². The largest absolute Gasteiger partial charge is 1.00 e. The van der Waals surface area contributed by atoms with Gasteiger partial charge in [0.05, 0.1) is 72.9 Å². The first-order valence-corrected chi connectivity index (χ1v) is 30.3. The van der Waals surface area contributed by atoms with E-state index in [0.29, 0.717) is 5.41 Å². The number of likely N-dealkylation sites (tertiary alicyclic amines) is 1. The van der Waals surface area contributed by atoms with Crippen molar-refractivity contribution >= 4 is 0 Å². The van der Waals surface area contributed by atoms with Gasteiger partial charge in [0.15, 0.2) is 44.0 Å². The molecule has 22 heterocycles. The molecule has 0 aliphatic carbocycles. The number of rotatable bonds is 8. The fraction of sp³-hybridized carbons (Fsp3) is 1.00. The first kappa shape index (κ1) is 77.6. The molecule has 0 aromatic carbocycles. The standard InChI is InChI=1S/C42H70O35.C12H26N.HI/c43-1-8-29-15(50)22(57)36(64-8)72-30-9(2-44)66-38(24(59)17(30)52)74-32-11(4-46)68-40(26(61)19(32)54)76-34-13(6-48)70-42(28(63)21(34)56)77-35-14(7-49)69-41(27(62)20(35)55)75-33-12(5-47)67-39(25(60)18(33)53)73-31-10(3-45)65-37(71-29)23(58)16(31)51;1-6-13(5)8-7-11(2)9-12(3,4)10-13;/h8-63H,1-7H2;11H,6-10H2,1-5H3;1H/q;+1;/p-1/t8-,9-,10-,11-,12-,13-,14-,15-,16-,17-,18-,19-,20-,21-,22-,23-,24-,25-,26-,27-,28+,29-,30-,31-,32-,33-,34-,35-,36-,37-,38-,39-,40-,41-,42-;;/m0../s1. The SMILES string of the molecule is CC[N+]1(C)CCC(C)CC(C)(C)C1.OC[C@@H]1O[C@H]2O[C@@H]3[C@@H](O)[C@H](O)[C@H](O[C@@H]4[C@@H](O)[C@H](O)[C@H](O[C@@H]5[C@@H](O)[C@@H](O)[C@H](O[C@@H]6[C@@H](O)[C@H](O)[C@H](O[C@@H]7[C@@H](O)[C@H](O)[C@H](O[C@@H]8[C@@H](O)[C@H](O)[C@H](O[C@@H]1[C@@H](O)[C@@H]2O)O[C@H]8CO)O[C@H]7CO)O[C@H]6CO)O[C@H]5CO)O[C@H]4CO)O[C@H]3CO.[I-]. The second kappa shape index (κ2) is 33.0. The second-order valence-corrected chi connectivity index (χ2v) is 25.7. The van der Waals surface area contributed by atoms with Crippen molar-refractivity contribution in [2.45, 2.75) is 255 Å². The van der Waals surface area contributed by atoms with E-state index in [2.05, 4.69) is 34.7 Å². The lowest BCUT2D eigenvalue weighted by molar-refractivity contribution is -0.912. The van der Waals surface area contributed by atoms with E-state index in [1.54, 1.807) is 0 Å². The highest BCUT2D eigenvalue weighted by Crippen LogP contribution is 2.40. The summed E-state index contributed by atoms with van der Waals surface area (Å²) in [5.41, 5.74) is 0.542. The Labute approximate surface area is 539 Å². The summed E-state index contributed by atoms with van der Waals surface area (Å²) in [6.45, 7) is 6.29. The third-order valence-corrected chi connectivity index (χ3v) is 18.4. The van der Waals surface area contributed by atoms with E-state index in [0.717, 1.165) is 5.92 Å². The number of aliphatic hydroxyl groups is 21. The van der Waals surface area contributed by atoms with Crippen LogP contribution < -0.4 is 24.0 Å². The zero-order valence-electron chi connectivity index (χ0n) is 50.7. The summed E-state index contributed by atoms with van der Waals surface area (Å²) < 4.78 is 80.7. The van der Waals surface area contributed by atoms with Gasteiger partial charge in [0.25, 0.3) is 0 Å². The van der Waals surface area contributed by atoms with E-state index in [-0.39, 0.29) is 24.0 Å². The highest BCUT2D eigenvalue weighted by Gasteiger charge is 2.60. The molecule has 0 aromatic rings. The predicted molar refractivity (Wildman–Crippen MR) is 287 cm³/mol. The Bertz CT molecular complexity index is 1830. The van der Waals surface area contributed by atoms with Crippen LogP contribution >= 0.6 is 0 Å². The van der Waals surface area contributed by atoms with E-state index in [1.165, 1.54) is 37.0 Å². The number of quaternary nitrogens is 1. The molecule has 0 spiro atoms. The van der Waals surface area contributed by atoms with Crippen LogP contribution in [0.1, 0.15) is 40.5 Å². The molecule has 37 heteroatoms. The lowest BCUT2D eigenvalue weighted by atomic mass is 9.83. The van der Waals surface area contributed by atoms with Gasteiger partial charge in [0, 0.05) is 5.41 Å².